The van der Waals surface area contributed by atoms with Crippen molar-refractivity contribution in [1.82, 2.24) is 5.32 Å². The van der Waals surface area contributed by atoms with Crippen LogP contribution in [0.4, 0.5) is 0 Å². The van der Waals surface area contributed by atoms with Crippen LogP contribution < -0.4 is 14.8 Å². The number of ether oxygens (including phenoxy) is 2. The number of nitrogens with one attached hydrogen (secondary N) is 1. The molecule has 1 fully saturated rings. The molecule has 0 aliphatic heterocycles. The quantitative estimate of drug-likeness (QED) is 0.811. The zero-order valence-corrected chi connectivity index (χ0v) is 13.9. The molecule has 0 heterocycles. The second kappa shape index (κ2) is 7.17. The van der Waals surface area contributed by atoms with Crippen LogP contribution in [0, 0.1) is 5.41 Å². The molecule has 1 saturated carbocycles. The molecule has 3 heteroatoms. The highest BCUT2D eigenvalue weighted by atomic mass is 16.5. The zero-order chi connectivity index (χ0) is 15.3. The van der Waals surface area contributed by atoms with Gasteiger partial charge in [0.1, 0.15) is 0 Å². The topological polar surface area (TPSA) is 30.5 Å². The fourth-order valence-corrected chi connectivity index (χ4v) is 3.56. The van der Waals surface area contributed by atoms with Crippen molar-refractivity contribution in [2.75, 3.05) is 20.8 Å². The predicted octanol–water partition coefficient (Wildman–Crippen LogP) is 4.32. The Kier molecular flexibility index (Phi) is 5.51. The Morgan fingerprint density at radius 1 is 1.14 bits per heavy atom. The summed E-state index contributed by atoms with van der Waals surface area (Å²) in [5, 5.41) is 3.76. The van der Waals surface area contributed by atoms with Gasteiger partial charge < -0.3 is 14.8 Å². The highest BCUT2D eigenvalue weighted by Gasteiger charge is 2.37. The van der Waals surface area contributed by atoms with Crippen LogP contribution in [-0.4, -0.2) is 20.8 Å². The van der Waals surface area contributed by atoms with Gasteiger partial charge in [-0.15, -0.1) is 0 Å². The molecule has 1 N–H and O–H groups in total. The van der Waals surface area contributed by atoms with Crippen molar-refractivity contribution >= 4 is 0 Å². The summed E-state index contributed by atoms with van der Waals surface area (Å²) < 4.78 is 10.8. The largest absolute Gasteiger partial charge is 0.493 e. The van der Waals surface area contributed by atoms with Gasteiger partial charge >= 0.3 is 0 Å². The molecule has 0 spiro atoms. The van der Waals surface area contributed by atoms with Crippen LogP contribution in [0.1, 0.15) is 57.6 Å². The summed E-state index contributed by atoms with van der Waals surface area (Å²) in [6.45, 7) is 5.69. The molecule has 1 aliphatic carbocycles. The van der Waals surface area contributed by atoms with E-state index in [1.54, 1.807) is 14.2 Å². The third-order valence-electron chi connectivity index (χ3n) is 4.78. The molecule has 0 saturated heterocycles. The van der Waals surface area contributed by atoms with Gasteiger partial charge in [0.05, 0.1) is 14.2 Å². The van der Waals surface area contributed by atoms with Gasteiger partial charge in [0.2, 0.25) is 0 Å². The first-order valence-corrected chi connectivity index (χ1v) is 8.10. The summed E-state index contributed by atoms with van der Waals surface area (Å²) in [6, 6.07) is 6.72. The molecule has 1 aromatic rings. The Labute approximate surface area is 129 Å². The van der Waals surface area contributed by atoms with Gasteiger partial charge in [0.15, 0.2) is 11.5 Å². The molecule has 118 valence electrons. The molecule has 1 aliphatic rings. The van der Waals surface area contributed by atoms with Gasteiger partial charge in [-0.2, -0.15) is 0 Å². The Morgan fingerprint density at radius 2 is 1.81 bits per heavy atom. The second-order valence-corrected chi connectivity index (χ2v) is 6.36. The van der Waals surface area contributed by atoms with Crippen molar-refractivity contribution in [3.63, 3.8) is 0 Å². The fraction of sp³-hybridized carbons (Fsp3) is 0.667. The molecule has 2 rings (SSSR count). The van der Waals surface area contributed by atoms with Crippen LogP contribution in [0.15, 0.2) is 18.2 Å². The van der Waals surface area contributed by atoms with Crippen LogP contribution in [0.25, 0.3) is 0 Å². The molecule has 0 aromatic heterocycles. The molecule has 1 aromatic carbocycles. The number of methoxy groups -OCH3 is 2. The Balaban J connectivity index is 2.31. The lowest BCUT2D eigenvalue weighted by atomic mass is 9.77. The number of hydrogen-bond acceptors (Lipinski definition) is 3. The van der Waals surface area contributed by atoms with E-state index in [0.717, 1.165) is 24.5 Å². The summed E-state index contributed by atoms with van der Waals surface area (Å²) in [4.78, 5) is 0. The minimum atomic E-state index is 0.342. The van der Waals surface area contributed by atoms with E-state index in [1.165, 1.54) is 31.2 Å². The average Bonchev–Trinajstić information content (AvgIpc) is 2.95. The van der Waals surface area contributed by atoms with Crippen molar-refractivity contribution < 1.29 is 9.47 Å². The van der Waals surface area contributed by atoms with Gasteiger partial charge in [0, 0.05) is 6.04 Å². The highest BCUT2D eigenvalue weighted by molar-refractivity contribution is 5.44. The maximum Gasteiger partial charge on any atom is 0.161 e. The minimum absolute atomic E-state index is 0.342. The molecule has 21 heavy (non-hydrogen) atoms. The monoisotopic (exact) mass is 291 g/mol. The minimum Gasteiger partial charge on any atom is -0.493 e. The van der Waals surface area contributed by atoms with E-state index < -0.39 is 0 Å². The molecular formula is C18H29NO2. The molecule has 1 atom stereocenters. The van der Waals surface area contributed by atoms with Crippen LogP contribution in [0.3, 0.4) is 0 Å². The van der Waals surface area contributed by atoms with Crippen LogP contribution in [0.2, 0.25) is 0 Å². The summed E-state index contributed by atoms with van der Waals surface area (Å²) in [5.74, 6) is 1.62. The van der Waals surface area contributed by atoms with Crippen LogP contribution in [-0.2, 0) is 0 Å². The molecule has 0 bridgehead atoms. The van der Waals surface area contributed by atoms with Crippen molar-refractivity contribution in [3.05, 3.63) is 23.8 Å². The Hall–Kier alpha value is -1.22. The van der Waals surface area contributed by atoms with E-state index in [1.807, 2.05) is 6.07 Å². The maximum absolute atomic E-state index is 5.47. The van der Waals surface area contributed by atoms with E-state index in [9.17, 15) is 0 Å². The molecule has 0 radical (unpaired) electrons. The van der Waals surface area contributed by atoms with E-state index in [4.69, 9.17) is 9.47 Å². The van der Waals surface area contributed by atoms with Crippen molar-refractivity contribution in [3.8, 4) is 11.5 Å². The average molecular weight is 291 g/mol. The van der Waals surface area contributed by atoms with E-state index in [0.29, 0.717) is 11.5 Å². The van der Waals surface area contributed by atoms with Gasteiger partial charge in [-0.05, 0) is 48.9 Å². The van der Waals surface area contributed by atoms with Crippen LogP contribution in [0.5, 0.6) is 11.5 Å². The van der Waals surface area contributed by atoms with E-state index >= 15 is 0 Å². The number of rotatable bonds is 7. The molecule has 0 amide bonds. The maximum atomic E-state index is 5.47. The Morgan fingerprint density at radius 3 is 2.38 bits per heavy atom. The lowest BCUT2D eigenvalue weighted by Gasteiger charge is -2.35. The van der Waals surface area contributed by atoms with Crippen molar-refractivity contribution in [2.45, 2.75) is 52.0 Å². The van der Waals surface area contributed by atoms with Crippen LogP contribution >= 0.6 is 0 Å². The first-order valence-electron chi connectivity index (χ1n) is 8.10. The van der Waals surface area contributed by atoms with Gasteiger partial charge in [0.25, 0.3) is 0 Å². The third kappa shape index (κ3) is 3.52. The SMILES string of the molecule is CCCNC(c1ccc(OC)c(OC)c1)C1(C)CCCC1. The normalized spacial score (nSPS) is 18.5. The zero-order valence-electron chi connectivity index (χ0n) is 13.9. The van der Waals surface area contributed by atoms with Gasteiger partial charge in [-0.3, -0.25) is 0 Å². The number of hydrogen-bond donors (Lipinski definition) is 1. The second-order valence-electron chi connectivity index (χ2n) is 6.36. The number of benzene rings is 1. The summed E-state index contributed by atoms with van der Waals surface area (Å²) >= 11 is 0. The van der Waals surface area contributed by atoms with Crippen molar-refractivity contribution in [1.29, 1.82) is 0 Å². The van der Waals surface area contributed by atoms with Gasteiger partial charge in [-0.1, -0.05) is 32.8 Å². The summed E-state index contributed by atoms with van der Waals surface area (Å²) in [6.07, 6.45) is 6.42. The lowest BCUT2D eigenvalue weighted by molar-refractivity contribution is 0.223. The summed E-state index contributed by atoms with van der Waals surface area (Å²) in [7, 11) is 3.38. The fourth-order valence-electron chi connectivity index (χ4n) is 3.56. The third-order valence-corrected chi connectivity index (χ3v) is 4.78. The molecule has 1 unspecified atom stereocenters. The molecule has 3 nitrogen and oxygen atoms in total. The predicted molar refractivity (Wildman–Crippen MR) is 87.2 cm³/mol. The highest BCUT2D eigenvalue weighted by Crippen LogP contribution is 2.48. The first kappa shape index (κ1) is 16.2. The smallest absolute Gasteiger partial charge is 0.161 e. The van der Waals surface area contributed by atoms with Gasteiger partial charge in [-0.25, -0.2) is 0 Å². The summed E-state index contributed by atoms with van der Waals surface area (Å²) in [5.41, 5.74) is 1.65. The lowest BCUT2D eigenvalue weighted by Crippen LogP contribution is -2.35. The Bertz CT molecular complexity index is 453. The molecular weight excluding hydrogens is 262 g/mol. The van der Waals surface area contributed by atoms with E-state index in [-0.39, 0.29) is 0 Å². The van der Waals surface area contributed by atoms with Crippen molar-refractivity contribution in [2.24, 2.45) is 5.41 Å². The standard InChI is InChI=1S/C18H29NO2/c1-5-12-19-17(18(2)10-6-7-11-18)14-8-9-15(20-3)16(13-14)21-4/h8-9,13,17,19H,5-7,10-12H2,1-4H3. The first-order chi connectivity index (χ1) is 10.1. The van der Waals surface area contributed by atoms with E-state index in [2.05, 4.69) is 31.3 Å².